The molecule has 0 radical (unpaired) electrons. The van der Waals surface area contributed by atoms with Gasteiger partial charge in [-0.05, 0) is 30.3 Å². The summed E-state index contributed by atoms with van der Waals surface area (Å²) in [5, 5.41) is 0.924. The van der Waals surface area contributed by atoms with E-state index in [1.807, 2.05) is 48.3 Å². The first-order valence-electron chi connectivity index (χ1n) is 6.35. The highest BCUT2D eigenvalue weighted by atomic mass is 35.5. The first-order valence-corrected chi connectivity index (χ1v) is 8.18. The van der Waals surface area contributed by atoms with Gasteiger partial charge >= 0.3 is 0 Å². The van der Waals surface area contributed by atoms with Crippen molar-refractivity contribution < 1.29 is 0 Å². The van der Waals surface area contributed by atoms with Crippen LogP contribution < -0.4 is 4.90 Å². The highest BCUT2D eigenvalue weighted by Crippen LogP contribution is 2.40. The summed E-state index contributed by atoms with van der Waals surface area (Å²) in [5.74, 6) is 1.04. The number of thiocarbonyl (C=S) groups is 1. The van der Waals surface area contributed by atoms with Crippen molar-refractivity contribution >= 4 is 46.3 Å². The Hall–Kier alpha value is -1.10. The maximum atomic E-state index is 5.97. The second-order valence-corrected chi connectivity index (χ2v) is 6.60. The summed E-state index contributed by atoms with van der Waals surface area (Å²) in [6, 6.07) is 11.9. The van der Waals surface area contributed by atoms with Crippen molar-refractivity contribution in [3.63, 3.8) is 0 Å². The molecule has 102 valence electrons. The standard InChI is InChI=1S/C15H13ClN2S2/c16-12-3-5-13(6-4-12)18-14(19)7-9-20-15(18)11-2-1-8-17-10-11/h1-6,8,10,15H,7,9H2. The SMILES string of the molecule is S=C1CCSC(c2cccnc2)N1c1ccc(Cl)cc1. The van der Waals surface area contributed by atoms with Crippen molar-refractivity contribution in [2.75, 3.05) is 10.7 Å². The zero-order chi connectivity index (χ0) is 13.9. The number of thioether (sulfide) groups is 1. The molecule has 0 amide bonds. The summed E-state index contributed by atoms with van der Waals surface area (Å²) in [5.41, 5.74) is 2.26. The Bertz CT molecular complexity index is 601. The molecule has 1 saturated heterocycles. The molecule has 1 aromatic heterocycles. The van der Waals surface area contributed by atoms with Crippen LogP contribution in [0.5, 0.6) is 0 Å². The summed E-state index contributed by atoms with van der Waals surface area (Å²) in [6.45, 7) is 0. The van der Waals surface area contributed by atoms with Crippen molar-refractivity contribution in [3.05, 3.63) is 59.4 Å². The van der Waals surface area contributed by atoms with Gasteiger partial charge in [0.05, 0.1) is 4.99 Å². The third kappa shape index (κ3) is 2.82. The van der Waals surface area contributed by atoms with Crippen molar-refractivity contribution in [1.29, 1.82) is 0 Å². The maximum Gasteiger partial charge on any atom is 0.107 e. The van der Waals surface area contributed by atoms with E-state index in [0.717, 1.165) is 27.9 Å². The molecular formula is C15H13ClN2S2. The summed E-state index contributed by atoms with van der Waals surface area (Å²) in [6.07, 6.45) is 4.63. The average molecular weight is 321 g/mol. The lowest BCUT2D eigenvalue weighted by molar-refractivity contribution is 0.935. The second kappa shape index (κ2) is 6.12. The van der Waals surface area contributed by atoms with Gasteiger partial charge in [-0.25, -0.2) is 0 Å². The van der Waals surface area contributed by atoms with E-state index < -0.39 is 0 Å². The number of rotatable bonds is 2. The van der Waals surface area contributed by atoms with Crippen LogP contribution in [0.25, 0.3) is 0 Å². The molecule has 2 nitrogen and oxygen atoms in total. The molecule has 0 spiro atoms. The Labute approximate surface area is 133 Å². The molecule has 5 heteroatoms. The molecular weight excluding hydrogens is 308 g/mol. The van der Waals surface area contributed by atoms with Crippen LogP contribution in [0.3, 0.4) is 0 Å². The topological polar surface area (TPSA) is 16.1 Å². The molecule has 3 rings (SSSR count). The van der Waals surface area contributed by atoms with Crippen LogP contribution in [-0.4, -0.2) is 15.7 Å². The van der Waals surface area contributed by atoms with Gasteiger partial charge in [-0.15, -0.1) is 11.8 Å². The van der Waals surface area contributed by atoms with E-state index in [0.29, 0.717) is 0 Å². The minimum absolute atomic E-state index is 0.186. The molecule has 0 N–H and O–H groups in total. The van der Waals surface area contributed by atoms with Gasteiger partial charge in [0.2, 0.25) is 0 Å². The van der Waals surface area contributed by atoms with Crippen LogP contribution >= 0.6 is 35.6 Å². The molecule has 2 aromatic rings. The highest BCUT2D eigenvalue weighted by molar-refractivity contribution is 8.00. The molecule has 2 heterocycles. The minimum atomic E-state index is 0.186. The Morgan fingerprint density at radius 2 is 2.05 bits per heavy atom. The number of benzene rings is 1. The number of halogens is 1. The summed E-state index contributed by atoms with van der Waals surface area (Å²) in [7, 11) is 0. The molecule has 1 atom stereocenters. The molecule has 0 bridgehead atoms. The molecule has 1 aromatic carbocycles. The van der Waals surface area contributed by atoms with E-state index in [9.17, 15) is 0 Å². The predicted molar refractivity (Wildman–Crippen MR) is 90.6 cm³/mol. The maximum absolute atomic E-state index is 5.97. The fraction of sp³-hybridized carbons (Fsp3) is 0.200. The van der Waals surface area contributed by atoms with Gasteiger partial charge in [-0.1, -0.05) is 29.9 Å². The molecule has 1 aliphatic rings. The second-order valence-electron chi connectivity index (χ2n) is 4.50. The third-order valence-electron chi connectivity index (χ3n) is 3.17. The highest BCUT2D eigenvalue weighted by Gasteiger charge is 2.28. The van der Waals surface area contributed by atoms with Crippen molar-refractivity contribution in [2.24, 2.45) is 0 Å². The van der Waals surface area contributed by atoms with Gasteiger partial charge in [0, 0.05) is 40.8 Å². The summed E-state index contributed by atoms with van der Waals surface area (Å²) in [4.78, 5) is 7.40. The zero-order valence-electron chi connectivity index (χ0n) is 10.7. The van der Waals surface area contributed by atoms with Gasteiger partial charge in [0.15, 0.2) is 0 Å². The average Bonchev–Trinajstić information content (AvgIpc) is 2.49. The quantitative estimate of drug-likeness (QED) is 0.745. The number of pyridine rings is 1. The van der Waals surface area contributed by atoms with Gasteiger partial charge in [-0.2, -0.15) is 0 Å². The van der Waals surface area contributed by atoms with Crippen LogP contribution in [0.2, 0.25) is 5.02 Å². The van der Waals surface area contributed by atoms with E-state index >= 15 is 0 Å². The number of aromatic nitrogens is 1. The van der Waals surface area contributed by atoms with Gasteiger partial charge in [0.25, 0.3) is 0 Å². The fourth-order valence-corrected chi connectivity index (χ4v) is 4.13. The monoisotopic (exact) mass is 320 g/mol. The molecule has 0 saturated carbocycles. The van der Waals surface area contributed by atoms with E-state index in [4.69, 9.17) is 23.8 Å². The summed E-state index contributed by atoms with van der Waals surface area (Å²) >= 11 is 13.4. The van der Waals surface area contributed by atoms with Gasteiger partial charge in [-0.3, -0.25) is 4.98 Å². The molecule has 0 aliphatic carbocycles. The van der Waals surface area contributed by atoms with Crippen LogP contribution in [-0.2, 0) is 0 Å². The Morgan fingerprint density at radius 3 is 2.75 bits per heavy atom. The zero-order valence-corrected chi connectivity index (χ0v) is 13.1. The molecule has 1 aliphatic heterocycles. The van der Waals surface area contributed by atoms with Gasteiger partial charge in [0.1, 0.15) is 5.37 Å². The van der Waals surface area contributed by atoms with Gasteiger partial charge < -0.3 is 4.90 Å². The van der Waals surface area contributed by atoms with E-state index in [1.165, 1.54) is 5.56 Å². The lowest BCUT2D eigenvalue weighted by Gasteiger charge is -2.37. The van der Waals surface area contributed by atoms with Crippen molar-refractivity contribution in [2.45, 2.75) is 11.8 Å². The number of hydrogen-bond donors (Lipinski definition) is 0. The van der Waals surface area contributed by atoms with Crippen LogP contribution in [0.4, 0.5) is 5.69 Å². The predicted octanol–water partition coefficient (Wildman–Crippen LogP) is 4.70. The molecule has 20 heavy (non-hydrogen) atoms. The first-order chi connectivity index (χ1) is 9.75. The lowest BCUT2D eigenvalue weighted by Crippen LogP contribution is -2.36. The Balaban J connectivity index is 1.99. The summed E-state index contributed by atoms with van der Waals surface area (Å²) < 4.78 is 0. The van der Waals surface area contributed by atoms with E-state index in [1.54, 1.807) is 6.20 Å². The fourth-order valence-electron chi connectivity index (χ4n) is 2.23. The smallest absolute Gasteiger partial charge is 0.107 e. The van der Waals surface area contributed by atoms with E-state index in [-0.39, 0.29) is 5.37 Å². The largest absolute Gasteiger partial charge is 0.319 e. The first kappa shape index (κ1) is 13.9. The Kier molecular flexibility index (Phi) is 4.24. The van der Waals surface area contributed by atoms with E-state index in [2.05, 4.69) is 16.0 Å². The van der Waals surface area contributed by atoms with Crippen molar-refractivity contribution in [1.82, 2.24) is 4.98 Å². The number of nitrogens with zero attached hydrogens (tertiary/aromatic N) is 2. The van der Waals surface area contributed by atoms with Crippen LogP contribution in [0.15, 0.2) is 48.8 Å². The number of anilines is 1. The van der Waals surface area contributed by atoms with Crippen LogP contribution in [0, 0.1) is 0 Å². The van der Waals surface area contributed by atoms with Crippen molar-refractivity contribution in [3.8, 4) is 0 Å². The third-order valence-corrected chi connectivity index (χ3v) is 5.06. The lowest BCUT2D eigenvalue weighted by atomic mass is 10.2. The number of hydrogen-bond acceptors (Lipinski definition) is 3. The molecule has 1 unspecified atom stereocenters. The Morgan fingerprint density at radius 1 is 1.25 bits per heavy atom. The minimum Gasteiger partial charge on any atom is -0.319 e. The van der Waals surface area contributed by atoms with Crippen LogP contribution in [0.1, 0.15) is 17.4 Å². The molecule has 1 fully saturated rings. The normalized spacial score (nSPS) is 19.1.